The second-order valence-corrected chi connectivity index (χ2v) is 6.31. The Labute approximate surface area is 121 Å². The summed E-state index contributed by atoms with van der Waals surface area (Å²) in [5.74, 6) is 0.805. The molecule has 4 N–H and O–H groups in total. The van der Waals surface area contributed by atoms with Crippen LogP contribution in [0, 0.1) is 17.8 Å². The van der Waals surface area contributed by atoms with E-state index in [4.69, 9.17) is 11.5 Å². The molecule has 2 aliphatic rings. The largest absolute Gasteiger partial charge is 0.369 e. The van der Waals surface area contributed by atoms with Gasteiger partial charge in [0, 0.05) is 24.9 Å². The molecule has 0 aromatic carbocycles. The molecule has 2 rings (SSSR count). The van der Waals surface area contributed by atoms with Crippen molar-refractivity contribution in [3.8, 4) is 0 Å². The third-order valence-corrected chi connectivity index (χ3v) is 4.92. The van der Waals surface area contributed by atoms with Gasteiger partial charge in [0.2, 0.25) is 11.8 Å². The minimum Gasteiger partial charge on any atom is -0.369 e. The van der Waals surface area contributed by atoms with E-state index < -0.39 is 0 Å². The summed E-state index contributed by atoms with van der Waals surface area (Å²) in [4.78, 5) is 25.7. The molecule has 2 fully saturated rings. The molecule has 114 valence electrons. The number of hydrogen-bond donors (Lipinski definition) is 2. The van der Waals surface area contributed by atoms with Crippen LogP contribution in [-0.4, -0.2) is 36.3 Å². The van der Waals surface area contributed by atoms with E-state index in [9.17, 15) is 9.59 Å². The zero-order valence-electron chi connectivity index (χ0n) is 12.2. The summed E-state index contributed by atoms with van der Waals surface area (Å²) in [6, 6.07) is 0. The van der Waals surface area contributed by atoms with Gasteiger partial charge in [0.05, 0.1) is 0 Å². The fourth-order valence-corrected chi connectivity index (χ4v) is 3.66. The van der Waals surface area contributed by atoms with Crippen molar-refractivity contribution in [3.05, 3.63) is 0 Å². The van der Waals surface area contributed by atoms with Crippen LogP contribution in [0.2, 0.25) is 0 Å². The smallest absolute Gasteiger partial charge is 0.225 e. The molecule has 0 bridgehead atoms. The lowest BCUT2D eigenvalue weighted by Gasteiger charge is -2.36. The molecule has 0 radical (unpaired) electrons. The molecule has 0 aromatic rings. The van der Waals surface area contributed by atoms with Gasteiger partial charge in [-0.1, -0.05) is 12.8 Å². The zero-order valence-corrected chi connectivity index (χ0v) is 12.2. The molecule has 2 amide bonds. The van der Waals surface area contributed by atoms with Crippen LogP contribution in [0.15, 0.2) is 0 Å². The number of rotatable bonds is 4. The van der Waals surface area contributed by atoms with Crippen molar-refractivity contribution in [2.45, 2.75) is 44.9 Å². The summed E-state index contributed by atoms with van der Waals surface area (Å²) in [5, 5.41) is 0. The minimum atomic E-state index is -0.224. The number of amides is 2. The van der Waals surface area contributed by atoms with Crippen molar-refractivity contribution in [1.29, 1.82) is 0 Å². The van der Waals surface area contributed by atoms with E-state index in [0.717, 1.165) is 45.1 Å². The van der Waals surface area contributed by atoms with Crippen molar-refractivity contribution in [2.75, 3.05) is 19.6 Å². The number of carbonyl (C=O) groups excluding carboxylic acids is 2. The molecule has 1 aliphatic heterocycles. The number of hydrogen-bond acceptors (Lipinski definition) is 3. The lowest BCUT2D eigenvalue weighted by atomic mass is 9.79. The van der Waals surface area contributed by atoms with Gasteiger partial charge in [-0.25, -0.2) is 0 Å². The number of primary amides is 1. The van der Waals surface area contributed by atoms with Crippen LogP contribution in [0.3, 0.4) is 0 Å². The fraction of sp³-hybridized carbons (Fsp3) is 0.867. The van der Waals surface area contributed by atoms with Crippen LogP contribution in [0.1, 0.15) is 44.9 Å². The van der Waals surface area contributed by atoms with Crippen molar-refractivity contribution in [1.82, 2.24) is 4.90 Å². The molecule has 1 aliphatic carbocycles. The molecule has 2 atom stereocenters. The van der Waals surface area contributed by atoms with Gasteiger partial charge in [0.25, 0.3) is 0 Å². The first-order valence-corrected chi connectivity index (χ1v) is 7.90. The SMILES string of the molecule is NCCC1CCCC(C(=O)N2CCC(C(N)=O)CC2)C1. The molecular formula is C15H27N3O2. The third-order valence-electron chi connectivity index (χ3n) is 4.92. The van der Waals surface area contributed by atoms with Crippen molar-refractivity contribution < 1.29 is 9.59 Å². The Balaban J connectivity index is 1.84. The predicted octanol–water partition coefficient (Wildman–Crippen LogP) is 0.866. The number of nitrogens with zero attached hydrogens (tertiary/aromatic N) is 1. The van der Waals surface area contributed by atoms with Crippen molar-refractivity contribution >= 4 is 11.8 Å². The van der Waals surface area contributed by atoms with E-state index in [0.29, 0.717) is 19.0 Å². The fourth-order valence-electron chi connectivity index (χ4n) is 3.66. The highest BCUT2D eigenvalue weighted by molar-refractivity contribution is 5.80. The Morgan fingerprint density at radius 2 is 1.75 bits per heavy atom. The molecule has 5 heteroatoms. The molecule has 5 nitrogen and oxygen atoms in total. The summed E-state index contributed by atoms with van der Waals surface area (Å²) < 4.78 is 0. The van der Waals surface area contributed by atoms with E-state index in [1.54, 1.807) is 0 Å². The van der Waals surface area contributed by atoms with Gasteiger partial charge in [-0.05, 0) is 44.6 Å². The second-order valence-electron chi connectivity index (χ2n) is 6.31. The molecule has 1 saturated heterocycles. The molecule has 20 heavy (non-hydrogen) atoms. The average molecular weight is 281 g/mol. The maximum atomic E-state index is 12.6. The van der Waals surface area contributed by atoms with Crippen LogP contribution in [-0.2, 0) is 9.59 Å². The zero-order chi connectivity index (χ0) is 14.5. The van der Waals surface area contributed by atoms with Crippen LogP contribution in [0.4, 0.5) is 0 Å². The minimum absolute atomic E-state index is 0.0459. The van der Waals surface area contributed by atoms with Gasteiger partial charge in [-0.2, -0.15) is 0 Å². The van der Waals surface area contributed by atoms with E-state index in [-0.39, 0.29) is 23.7 Å². The van der Waals surface area contributed by atoms with Gasteiger partial charge in [0.1, 0.15) is 0 Å². The summed E-state index contributed by atoms with van der Waals surface area (Å²) in [5.41, 5.74) is 11.0. The first-order valence-electron chi connectivity index (χ1n) is 7.90. The average Bonchev–Trinajstić information content (AvgIpc) is 2.47. The Bertz CT molecular complexity index is 349. The van der Waals surface area contributed by atoms with Crippen LogP contribution in [0.5, 0.6) is 0 Å². The predicted molar refractivity (Wildman–Crippen MR) is 77.6 cm³/mol. The Hall–Kier alpha value is -1.10. The van der Waals surface area contributed by atoms with E-state index >= 15 is 0 Å². The van der Waals surface area contributed by atoms with Crippen molar-refractivity contribution in [3.63, 3.8) is 0 Å². The van der Waals surface area contributed by atoms with Crippen LogP contribution < -0.4 is 11.5 Å². The van der Waals surface area contributed by atoms with E-state index in [1.807, 2.05) is 4.90 Å². The highest BCUT2D eigenvalue weighted by atomic mass is 16.2. The lowest BCUT2D eigenvalue weighted by molar-refractivity contribution is -0.140. The van der Waals surface area contributed by atoms with Crippen LogP contribution >= 0.6 is 0 Å². The van der Waals surface area contributed by atoms with E-state index in [1.165, 1.54) is 6.42 Å². The number of nitrogens with two attached hydrogens (primary N) is 2. The Morgan fingerprint density at radius 1 is 1.05 bits per heavy atom. The van der Waals surface area contributed by atoms with Gasteiger partial charge >= 0.3 is 0 Å². The monoisotopic (exact) mass is 281 g/mol. The summed E-state index contributed by atoms with van der Waals surface area (Å²) >= 11 is 0. The Morgan fingerprint density at radius 3 is 2.35 bits per heavy atom. The number of likely N-dealkylation sites (tertiary alicyclic amines) is 1. The highest BCUT2D eigenvalue weighted by Gasteiger charge is 2.32. The molecule has 1 heterocycles. The molecule has 0 spiro atoms. The normalized spacial score (nSPS) is 28.4. The van der Waals surface area contributed by atoms with Crippen molar-refractivity contribution in [2.24, 2.45) is 29.2 Å². The molecule has 1 saturated carbocycles. The molecule has 2 unspecified atom stereocenters. The summed E-state index contributed by atoms with van der Waals surface area (Å²) in [6.45, 7) is 2.09. The van der Waals surface area contributed by atoms with Gasteiger partial charge in [-0.3, -0.25) is 9.59 Å². The third kappa shape index (κ3) is 3.72. The maximum Gasteiger partial charge on any atom is 0.225 e. The summed E-state index contributed by atoms with van der Waals surface area (Å²) in [7, 11) is 0. The highest BCUT2D eigenvalue weighted by Crippen LogP contribution is 2.32. The van der Waals surface area contributed by atoms with Gasteiger partial charge in [-0.15, -0.1) is 0 Å². The number of piperidine rings is 1. The quantitative estimate of drug-likeness (QED) is 0.801. The van der Waals surface area contributed by atoms with Gasteiger partial charge < -0.3 is 16.4 Å². The first-order chi connectivity index (χ1) is 9.61. The molecule has 0 aromatic heterocycles. The topological polar surface area (TPSA) is 89.4 Å². The maximum absolute atomic E-state index is 12.6. The van der Waals surface area contributed by atoms with Crippen LogP contribution in [0.25, 0.3) is 0 Å². The van der Waals surface area contributed by atoms with Gasteiger partial charge in [0.15, 0.2) is 0 Å². The van der Waals surface area contributed by atoms with E-state index in [2.05, 4.69) is 0 Å². The lowest BCUT2D eigenvalue weighted by Crippen LogP contribution is -2.45. The Kier molecular flexibility index (Phi) is 5.40. The summed E-state index contributed by atoms with van der Waals surface area (Å²) in [6.07, 6.45) is 6.83. The second kappa shape index (κ2) is 7.07. The molecular weight excluding hydrogens is 254 g/mol. The number of carbonyl (C=O) groups is 2. The standard InChI is InChI=1S/C15H27N3O2/c16-7-4-11-2-1-3-13(10-11)15(20)18-8-5-12(6-9-18)14(17)19/h11-13H,1-10,16H2,(H2,17,19). The first kappa shape index (κ1) is 15.3.